The number of esters is 1. The standard InChI is InChI=1S/C22H25NO4/c1-3-19(18-12-8-5-9-13-18)22(26)27-15-21(25)23-20(16(2)24)14-17-10-6-4-7-11-17/h4-13,19-20H,3,14-15H2,1-2H3,(H,23,25)/t19-,20+/m0/s1. The van der Waals surface area contributed by atoms with Crippen LogP contribution in [0.4, 0.5) is 0 Å². The van der Waals surface area contributed by atoms with Gasteiger partial charge in [0.25, 0.3) is 5.91 Å². The molecule has 27 heavy (non-hydrogen) atoms. The largest absolute Gasteiger partial charge is 0.455 e. The van der Waals surface area contributed by atoms with Crippen LogP contribution in [0.5, 0.6) is 0 Å². The van der Waals surface area contributed by atoms with E-state index in [0.29, 0.717) is 12.8 Å². The number of ether oxygens (including phenoxy) is 1. The molecule has 2 aromatic carbocycles. The fourth-order valence-corrected chi connectivity index (χ4v) is 2.84. The highest BCUT2D eigenvalue weighted by molar-refractivity contribution is 5.89. The minimum atomic E-state index is -0.644. The number of benzene rings is 2. The highest BCUT2D eigenvalue weighted by Gasteiger charge is 2.22. The quantitative estimate of drug-likeness (QED) is 0.692. The summed E-state index contributed by atoms with van der Waals surface area (Å²) in [6.45, 7) is 2.92. The second-order valence-electron chi connectivity index (χ2n) is 6.40. The molecule has 0 saturated heterocycles. The van der Waals surface area contributed by atoms with Crippen LogP contribution in [0.2, 0.25) is 0 Å². The van der Waals surface area contributed by atoms with Gasteiger partial charge in [0.2, 0.25) is 0 Å². The number of amides is 1. The number of carbonyl (C=O) groups is 3. The molecule has 2 aromatic rings. The van der Waals surface area contributed by atoms with Gasteiger partial charge in [-0.25, -0.2) is 0 Å². The van der Waals surface area contributed by atoms with Gasteiger partial charge in [0.15, 0.2) is 12.4 Å². The van der Waals surface area contributed by atoms with Crippen molar-refractivity contribution in [3.05, 3.63) is 71.8 Å². The van der Waals surface area contributed by atoms with Gasteiger partial charge in [-0.05, 0) is 30.9 Å². The molecule has 1 amide bonds. The zero-order chi connectivity index (χ0) is 19.6. The maximum absolute atomic E-state index is 12.3. The summed E-state index contributed by atoms with van der Waals surface area (Å²) < 4.78 is 5.18. The van der Waals surface area contributed by atoms with Crippen molar-refractivity contribution in [2.24, 2.45) is 0 Å². The Labute approximate surface area is 159 Å². The number of carbonyl (C=O) groups excluding carboxylic acids is 3. The summed E-state index contributed by atoms with van der Waals surface area (Å²) in [4.78, 5) is 36.3. The first kappa shape index (κ1) is 20.4. The average molecular weight is 367 g/mol. The third kappa shape index (κ3) is 6.37. The number of nitrogens with one attached hydrogen (secondary N) is 1. The first-order chi connectivity index (χ1) is 13.0. The summed E-state index contributed by atoms with van der Waals surface area (Å²) in [5.41, 5.74) is 1.81. The molecule has 0 aliphatic rings. The van der Waals surface area contributed by atoms with E-state index in [1.165, 1.54) is 6.92 Å². The average Bonchev–Trinajstić information content (AvgIpc) is 2.68. The van der Waals surface area contributed by atoms with Crippen molar-refractivity contribution in [3.8, 4) is 0 Å². The number of rotatable bonds is 9. The van der Waals surface area contributed by atoms with Gasteiger partial charge in [-0.1, -0.05) is 67.6 Å². The number of hydrogen-bond donors (Lipinski definition) is 1. The summed E-state index contributed by atoms with van der Waals surface area (Å²) in [6.07, 6.45) is 0.978. The molecule has 0 aromatic heterocycles. The third-order valence-electron chi connectivity index (χ3n) is 4.35. The lowest BCUT2D eigenvalue weighted by molar-refractivity contribution is -0.150. The normalized spacial score (nSPS) is 12.7. The summed E-state index contributed by atoms with van der Waals surface area (Å²) in [6, 6.07) is 18.1. The smallest absolute Gasteiger partial charge is 0.313 e. The third-order valence-corrected chi connectivity index (χ3v) is 4.35. The second-order valence-corrected chi connectivity index (χ2v) is 6.40. The van der Waals surface area contributed by atoms with E-state index >= 15 is 0 Å². The lowest BCUT2D eigenvalue weighted by atomic mass is 9.97. The van der Waals surface area contributed by atoms with E-state index in [2.05, 4.69) is 5.32 Å². The van der Waals surface area contributed by atoms with Crippen molar-refractivity contribution in [3.63, 3.8) is 0 Å². The van der Waals surface area contributed by atoms with Crippen molar-refractivity contribution in [1.29, 1.82) is 0 Å². The molecule has 5 nitrogen and oxygen atoms in total. The molecule has 2 rings (SSSR count). The predicted octanol–water partition coefficient (Wildman–Crippen LogP) is 3.04. The zero-order valence-electron chi connectivity index (χ0n) is 15.7. The van der Waals surface area contributed by atoms with Crippen LogP contribution in [0.15, 0.2) is 60.7 Å². The Balaban J connectivity index is 1.89. The molecule has 0 heterocycles. The van der Waals surface area contributed by atoms with E-state index in [9.17, 15) is 14.4 Å². The molecule has 0 fully saturated rings. The molecule has 0 spiro atoms. The topological polar surface area (TPSA) is 72.5 Å². The maximum Gasteiger partial charge on any atom is 0.313 e. The van der Waals surface area contributed by atoms with Crippen LogP contribution < -0.4 is 5.32 Å². The molecule has 1 N–H and O–H groups in total. The summed E-state index contributed by atoms with van der Waals surface area (Å²) >= 11 is 0. The van der Waals surface area contributed by atoms with Crippen LogP contribution in [-0.2, 0) is 25.5 Å². The second kappa shape index (κ2) is 10.3. The maximum atomic E-state index is 12.3. The van der Waals surface area contributed by atoms with Crippen molar-refractivity contribution in [2.45, 2.75) is 38.6 Å². The van der Waals surface area contributed by atoms with E-state index in [-0.39, 0.29) is 5.78 Å². The minimum Gasteiger partial charge on any atom is -0.455 e. The monoisotopic (exact) mass is 367 g/mol. The zero-order valence-corrected chi connectivity index (χ0v) is 15.7. The molecule has 0 aliphatic carbocycles. The van der Waals surface area contributed by atoms with Gasteiger partial charge in [0.05, 0.1) is 12.0 Å². The molecule has 0 bridgehead atoms. The van der Waals surface area contributed by atoms with Gasteiger partial charge in [-0.15, -0.1) is 0 Å². The van der Waals surface area contributed by atoms with Crippen LogP contribution in [-0.4, -0.2) is 30.3 Å². The molecule has 0 unspecified atom stereocenters. The van der Waals surface area contributed by atoms with Gasteiger partial charge in [0.1, 0.15) is 0 Å². The molecule has 0 saturated carbocycles. The van der Waals surface area contributed by atoms with Crippen LogP contribution in [0, 0.1) is 0 Å². The van der Waals surface area contributed by atoms with Crippen LogP contribution in [0.1, 0.15) is 37.3 Å². The van der Waals surface area contributed by atoms with E-state index in [4.69, 9.17) is 4.74 Å². The molecule has 2 atom stereocenters. The van der Waals surface area contributed by atoms with Crippen LogP contribution in [0.25, 0.3) is 0 Å². The Kier molecular flexibility index (Phi) is 7.74. The van der Waals surface area contributed by atoms with E-state index in [1.807, 2.05) is 67.6 Å². The Morgan fingerprint density at radius 2 is 1.56 bits per heavy atom. The van der Waals surface area contributed by atoms with E-state index in [1.54, 1.807) is 0 Å². The van der Waals surface area contributed by atoms with Gasteiger partial charge in [0, 0.05) is 0 Å². The first-order valence-corrected chi connectivity index (χ1v) is 9.06. The highest BCUT2D eigenvalue weighted by atomic mass is 16.5. The summed E-state index contributed by atoms with van der Waals surface area (Å²) in [7, 11) is 0. The van der Waals surface area contributed by atoms with Crippen LogP contribution in [0.3, 0.4) is 0 Å². The highest BCUT2D eigenvalue weighted by Crippen LogP contribution is 2.20. The minimum absolute atomic E-state index is 0.144. The van der Waals surface area contributed by atoms with Crippen molar-refractivity contribution >= 4 is 17.7 Å². The van der Waals surface area contributed by atoms with Crippen molar-refractivity contribution in [2.75, 3.05) is 6.61 Å². The number of hydrogen-bond acceptors (Lipinski definition) is 4. The molecule has 0 radical (unpaired) electrons. The van der Waals surface area contributed by atoms with Gasteiger partial charge in [-0.3, -0.25) is 14.4 Å². The van der Waals surface area contributed by atoms with Gasteiger partial charge < -0.3 is 10.1 Å². The SMILES string of the molecule is CC[C@H](C(=O)OCC(=O)N[C@H](Cc1ccccc1)C(C)=O)c1ccccc1. The lowest BCUT2D eigenvalue weighted by Crippen LogP contribution is -2.43. The first-order valence-electron chi connectivity index (χ1n) is 9.06. The Morgan fingerprint density at radius 1 is 0.963 bits per heavy atom. The Hall–Kier alpha value is -2.95. The van der Waals surface area contributed by atoms with E-state index < -0.39 is 30.4 Å². The molecule has 0 aliphatic heterocycles. The summed E-state index contributed by atoms with van der Waals surface area (Å²) in [5, 5.41) is 2.65. The molecular formula is C22H25NO4. The molecule has 5 heteroatoms. The number of Topliss-reactive ketones (excluding diaryl/α,β-unsaturated/α-hetero) is 1. The number of ketones is 1. The summed E-state index contributed by atoms with van der Waals surface area (Å²) in [5.74, 6) is -1.48. The lowest BCUT2D eigenvalue weighted by Gasteiger charge is -2.17. The van der Waals surface area contributed by atoms with E-state index in [0.717, 1.165) is 11.1 Å². The van der Waals surface area contributed by atoms with Crippen molar-refractivity contribution in [1.82, 2.24) is 5.32 Å². The fourth-order valence-electron chi connectivity index (χ4n) is 2.84. The van der Waals surface area contributed by atoms with Gasteiger partial charge >= 0.3 is 5.97 Å². The molecular weight excluding hydrogens is 342 g/mol. The van der Waals surface area contributed by atoms with Crippen LogP contribution >= 0.6 is 0 Å². The fraction of sp³-hybridized carbons (Fsp3) is 0.318. The van der Waals surface area contributed by atoms with Crippen molar-refractivity contribution < 1.29 is 19.1 Å². The Morgan fingerprint density at radius 3 is 2.11 bits per heavy atom. The molecule has 142 valence electrons. The van der Waals surface area contributed by atoms with Gasteiger partial charge in [-0.2, -0.15) is 0 Å². The Bertz CT molecular complexity index is 758. The predicted molar refractivity (Wildman–Crippen MR) is 103 cm³/mol.